The molecule has 2 aromatic heterocycles. The van der Waals surface area contributed by atoms with Gasteiger partial charge in [0.05, 0.1) is 29.2 Å². The van der Waals surface area contributed by atoms with E-state index < -0.39 is 0 Å². The lowest BCUT2D eigenvalue weighted by Gasteiger charge is -2.04. The number of rotatable bonds is 2. The number of carbonyl (C=O) groups excluding carboxylic acids is 1. The molecular formula is C13H11N5O. The van der Waals surface area contributed by atoms with Crippen LogP contribution in [-0.4, -0.2) is 20.9 Å². The average Bonchev–Trinajstić information content (AvgIpc) is 2.88. The summed E-state index contributed by atoms with van der Waals surface area (Å²) < 4.78 is 0. The molecule has 1 amide bonds. The number of anilines is 2. The van der Waals surface area contributed by atoms with Gasteiger partial charge in [0.2, 0.25) is 0 Å². The highest BCUT2D eigenvalue weighted by atomic mass is 16.1. The summed E-state index contributed by atoms with van der Waals surface area (Å²) in [5, 5.41) is 2.70. The first-order chi connectivity index (χ1) is 9.22. The third-order valence-corrected chi connectivity index (χ3v) is 2.71. The molecule has 1 aromatic carbocycles. The minimum absolute atomic E-state index is 0.228. The number of nitrogens with zero attached hydrogens (tertiary/aromatic N) is 2. The Balaban J connectivity index is 1.84. The Morgan fingerprint density at radius 3 is 2.89 bits per heavy atom. The van der Waals surface area contributed by atoms with E-state index in [0.717, 1.165) is 11.0 Å². The number of aromatic amines is 1. The number of H-pyrrole nitrogens is 1. The van der Waals surface area contributed by atoms with Crippen molar-refractivity contribution in [2.45, 2.75) is 0 Å². The first-order valence-electron chi connectivity index (χ1n) is 5.68. The van der Waals surface area contributed by atoms with E-state index >= 15 is 0 Å². The SMILES string of the molecule is Nc1ccc(NC(=O)c2ccc3nc[nH]c3c2)nc1. The molecule has 0 bridgehead atoms. The number of amides is 1. The van der Waals surface area contributed by atoms with Gasteiger partial charge < -0.3 is 16.0 Å². The van der Waals surface area contributed by atoms with Crippen molar-refractivity contribution in [3.8, 4) is 0 Å². The van der Waals surface area contributed by atoms with Gasteiger partial charge in [-0.15, -0.1) is 0 Å². The van der Waals surface area contributed by atoms with Crippen LogP contribution in [0.2, 0.25) is 0 Å². The standard InChI is InChI=1S/C13H11N5O/c14-9-2-4-12(15-6-9)18-13(19)8-1-3-10-11(5-8)17-7-16-10/h1-7H,14H2,(H,16,17)(H,15,18,19). The number of aromatic nitrogens is 3. The van der Waals surface area contributed by atoms with Crippen molar-refractivity contribution in [1.29, 1.82) is 0 Å². The van der Waals surface area contributed by atoms with Gasteiger partial charge in [-0.1, -0.05) is 0 Å². The maximum absolute atomic E-state index is 12.0. The molecule has 0 aliphatic rings. The Morgan fingerprint density at radius 1 is 1.21 bits per heavy atom. The van der Waals surface area contributed by atoms with E-state index in [1.54, 1.807) is 36.7 Å². The smallest absolute Gasteiger partial charge is 0.256 e. The molecule has 19 heavy (non-hydrogen) atoms. The Morgan fingerprint density at radius 2 is 2.11 bits per heavy atom. The molecule has 4 N–H and O–H groups in total. The summed E-state index contributed by atoms with van der Waals surface area (Å²) in [7, 11) is 0. The summed E-state index contributed by atoms with van der Waals surface area (Å²) in [6.45, 7) is 0. The van der Waals surface area contributed by atoms with E-state index in [2.05, 4.69) is 20.3 Å². The Labute approximate surface area is 108 Å². The van der Waals surface area contributed by atoms with E-state index in [1.807, 2.05) is 0 Å². The van der Waals surface area contributed by atoms with E-state index in [-0.39, 0.29) is 5.91 Å². The highest BCUT2D eigenvalue weighted by Gasteiger charge is 2.08. The number of pyridine rings is 1. The Bertz CT molecular complexity index is 732. The molecule has 0 radical (unpaired) electrons. The summed E-state index contributed by atoms with van der Waals surface area (Å²) in [4.78, 5) is 23.1. The lowest BCUT2D eigenvalue weighted by Crippen LogP contribution is -2.12. The highest BCUT2D eigenvalue weighted by molar-refractivity contribution is 6.05. The number of benzene rings is 1. The van der Waals surface area contributed by atoms with Crippen molar-refractivity contribution in [2.75, 3.05) is 11.1 Å². The van der Waals surface area contributed by atoms with Gasteiger partial charge in [-0.3, -0.25) is 4.79 Å². The number of carbonyl (C=O) groups is 1. The van der Waals surface area contributed by atoms with Crippen LogP contribution in [0.3, 0.4) is 0 Å². The summed E-state index contributed by atoms with van der Waals surface area (Å²) in [5.41, 5.74) is 8.26. The van der Waals surface area contributed by atoms with Crippen molar-refractivity contribution in [1.82, 2.24) is 15.0 Å². The van der Waals surface area contributed by atoms with Gasteiger partial charge in [0, 0.05) is 5.56 Å². The molecule has 0 fully saturated rings. The number of hydrogen-bond acceptors (Lipinski definition) is 4. The first-order valence-corrected chi connectivity index (χ1v) is 5.68. The maximum Gasteiger partial charge on any atom is 0.256 e. The molecule has 0 unspecified atom stereocenters. The number of imidazole rings is 1. The van der Waals surface area contributed by atoms with Crippen LogP contribution in [0.1, 0.15) is 10.4 Å². The largest absolute Gasteiger partial charge is 0.397 e. The van der Waals surface area contributed by atoms with Crippen molar-refractivity contribution in [2.24, 2.45) is 0 Å². The quantitative estimate of drug-likeness (QED) is 0.648. The molecule has 2 heterocycles. The Hall–Kier alpha value is -2.89. The van der Waals surface area contributed by atoms with Crippen LogP contribution >= 0.6 is 0 Å². The van der Waals surface area contributed by atoms with Crippen LogP contribution in [-0.2, 0) is 0 Å². The van der Waals surface area contributed by atoms with Gasteiger partial charge in [-0.2, -0.15) is 0 Å². The molecule has 0 saturated carbocycles. The van der Waals surface area contributed by atoms with E-state index in [9.17, 15) is 4.79 Å². The normalized spacial score (nSPS) is 10.5. The number of nitrogen functional groups attached to an aromatic ring is 1. The van der Waals surface area contributed by atoms with Gasteiger partial charge in [0.1, 0.15) is 5.82 Å². The zero-order valence-corrected chi connectivity index (χ0v) is 9.92. The summed E-state index contributed by atoms with van der Waals surface area (Å²) in [5.74, 6) is 0.234. The summed E-state index contributed by atoms with van der Waals surface area (Å²) >= 11 is 0. The predicted molar refractivity (Wildman–Crippen MR) is 72.7 cm³/mol. The van der Waals surface area contributed by atoms with E-state index in [0.29, 0.717) is 17.1 Å². The molecule has 3 aromatic rings. The molecule has 3 rings (SSSR count). The second-order valence-electron chi connectivity index (χ2n) is 4.07. The van der Waals surface area contributed by atoms with Crippen LogP contribution < -0.4 is 11.1 Å². The van der Waals surface area contributed by atoms with Crippen molar-refractivity contribution < 1.29 is 4.79 Å². The average molecular weight is 253 g/mol. The number of nitrogens with one attached hydrogen (secondary N) is 2. The topological polar surface area (TPSA) is 96.7 Å². The number of nitrogens with two attached hydrogens (primary N) is 1. The fraction of sp³-hybridized carbons (Fsp3) is 0. The molecule has 0 atom stereocenters. The molecule has 0 saturated heterocycles. The summed E-state index contributed by atoms with van der Waals surface area (Å²) in [6, 6.07) is 8.59. The van der Waals surface area contributed by atoms with Crippen LogP contribution in [0.5, 0.6) is 0 Å². The van der Waals surface area contributed by atoms with E-state index in [4.69, 9.17) is 5.73 Å². The van der Waals surface area contributed by atoms with Crippen LogP contribution in [0.4, 0.5) is 11.5 Å². The van der Waals surface area contributed by atoms with Crippen molar-refractivity contribution in [3.63, 3.8) is 0 Å². The van der Waals surface area contributed by atoms with Gasteiger partial charge >= 0.3 is 0 Å². The van der Waals surface area contributed by atoms with Gasteiger partial charge in [0.15, 0.2) is 0 Å². The fourth-order valence-corrected chi connectivity index (χ4v) is 1.74. The molecular weight excluding hydrogens is 242 g/mol. The van der Waals surface area contributed by atoms with Crippen LogP contribution in [0.15, 0.2) is 42.9 Å². The Kier molecular flexibility index (Phi) is 2.60. The first kappa shape index (κ1) is 11.2. The molecule has 0 aliphatic heterocycles. The number of fused-ring (bicyclic) bond motifs is 1. The molecule has 0 spiro atoms. The third kappa shape index (κ3) is 2.23. The minimum atomic E-state index is -0.228. The number of hydrogen-bond donors (Lipinski definition) is 3. The second kappa shape index (κ2) is 4.41. The zero-order valence-electron chi connectivity index (χ0n) is 9.92. The van der Waals surface area contributed by atoms with Gasteiger partial charge in [-0.25, -0.2) is 9.97 Å². The molecule has 94 valence electrons. The second-order valence-corrected chi connectivity index (χ2v) is 4.07. The monoisotopic (exact) mass is 253 g/mol. The maximum atomic E-state index is 12.0. The highest BCUT2D eigenvalue weighted by Crippen LogP contribution is 2.13. The molecule has 0 aliphatic carbocycles. The van der Waals surface area contributed by atoms with E-state index in [1.165, 1.54) is 6.20 Å². The lowest BCUT2D eigenvalue weighted by atomic mass is 10.2. The fourth-order valence-electron chi connectivity index (χ4n) is 1.74. The summed E-state index contributed by atoms with van der Waals surface area (Å²) in [6.07, 6.45) is 3.08. The molecule has 6 nitrogen and oxygen atoms in total. The van der Waals surface area contributed by atoms with Gasteiger partial charge in [0.25, 0.3) is 5.91 Å². The van der Waals surface area contributed by atoms with Crippen molar-refractivity contribution >= 4 is 28.4 Å². The molecule has 6 heteroatoms. The van der Waals surface area contributed by atoms with Gasteiger partial charge in [-0.05, 0) is 30.3 Å². The van der Waals surface area contributed by atoms with Crippen molar-refractivity contribution in [3.05, 3.63) is 48.4 Å². The predicted octanol–water partition coefficient (Wildman–Crippen LogP) is 1.79. The van der Waals surface area contributed by atoms with Crippen LogP contribution in [0.25, 0.3) is 11.0 Å². The third-order valence-electron chi connectivity index (χ3n) is 2.71. The van der Waals surface area contributed by atoms with Crippen LogP contribution in [0, 0.1) is 0 Å². The zero-order chi connectivity index (χ0) is 13.2. The lowest BCUT2D eigenvalue weighted by molar-refractivity contribution is 0.102. The minimum Gasteiger partial charge on any atom is -0.397 e.